The number of phenols is 1. The largest absolute Gasteiger partial charge is 0.507 e. The summed E-state index contributed by atoms with van der Waals surface area (Å²) in [7, 11) is 0. The molecule has 1 rings (SSSR count). The van der Waals surface area contributed by atoms with Gasteiger partial charge in [-0.2, -0.15) is 0 Å². The predicted molar refractivity (Wildman–Crippen MR) is 46.8 cm³/mol. The lowest BCUT2D eigenvalue weighted by Gasteiger charge is -2.08. The topological polar surface area (TPSA) is 20.2 Å². The molecule has 0 bridgehead atoms. The molecule has 0 spiro atoms. The van der Waals surface area contributed by atoms with E-state index in [1.54, 1.807) is 0 Å². The lowest BCUT2D eigenvalue weighted by Crippen LogP contribution is -1.89. The van der Waals surface area contributed by atoms with Gasteiger partial charge < -0.3 is 5.11 Å². The van der Waals surface area contributed by atoms with Crippen LogP contribution in [0.3, 0.4) is 0 Å². The summed E-state index contributed by atoms with van der Waals surface area (Å²) in [5.41, 5.74) is 3.92. The molecule has 0 amide bonds. The van der Waals surface area contributed by atoms with Gasteiger partial charge in [0.2, 0.25) is 0 Å². The highest BCUT2D eigenvalue weighted by Crippen LogP contribution is 2.26. The van der Waals surface area contributed by atoms with Gasteiger partial charge in [0.1, 0.15) is 5.75 Å². The van der Waals surface area contributed by atoms with E-state index in [0.717, 1.165) is 22.3 Å². The molecule has 0 aliphatic rings. The monoisotopic (exact) mass is 149 g/mol. The van der Waals surface area contributed by atoms with Crippen LogP contribution in [0.5, 0.6) is 5.75 Å². The second kappa shape index (κ2) is 2.57. The van der Waals surface area contributed by atoms with Crippen LogP contribution in [-0.4, -0.2) is 5.11 Å². The quantitative estimate of drug-likeness (QED) is 0.601. The van der Waals surface area contributed by atoms with Gasteiger partial charge in [0.15, 0.2) is 0 Å². The van der Waals surface area contributed by atoms with Crippen LogP contribution in [0.4, 0.5) is 0 Å². The average Bonchev–Trinajstić information content (AvgIpc) is 1.97. The molecular weight excluding hydrogens is 136 g/mol. The summed E-state index contributed by atoms with van der Waals surface area (Å²) in [6, 6.07) is 1.90. The molecule has 0 unspecified atom stereocenters. The SMILES string of the molecule is [CH2]c1cc(C)c(O)c(C)c1C. The van der Waals surface area contributed by atoms with Gasteiger partial charge in [-0.15, -0.1) is 0 Å². The molecule has 59 valence electrons. The van der Waals surface area contributed by atoms with Crippen molar-refractivity contribution in [1.29, 1.82) is 0 Å². The summed E-state index contributed by atoms with van der Waals surface area (Å²) < 4.78 is 0. The first-order valence-electron chi connectivity index (χ1n) is 3.65. The first kappa shape index (κ1) is 8.12. The summed E-state index contributed by atoms with van der Waals surface area (Å²) in [5.74, 6) is 0.398. The average molecular weight is 149 g/mol. The lowest BCUT2D eigenvalue weighted by molar-refractivity contribution is 0.466. The normalized spacial score (nSPS) is 10.2. The van der Waals surface area contributed by atoms with Crippen molar-refractivity contribution in [2.75, 3.05) is 0 Å². The maximum Gasteiger partial charge on any atom is 0.121 e. The van der Waals surface area contributed by atoms with E-state index in [9.17, 15) is 5.11 Å². The maximum atomic E-state index is 9.48. The predicted octanol–water partition coefficient (Wildman–Crippen LogP) is 2.50. The molecule has 1 aromatic rings. The molecule has 1 nitrogen and oxygen atoms in total. The highest BCUT2D eigenvalue weighted by molar-refractivity contribution is 5.48. The molecule has 0 fully saturated rings. The number of benzene rings is 1. The van der Waals surface area contributed by atoms with Crippen molar-refractivity contribution < 1.29 is 5.11 Å². The Morgan fingerprint density at radius 3 is 2.27 bits per heavy atom. The third-order valence-electron chi connectivity index (χ3n) is 2.16. The molecular formula is C10H13O. The van der Waals surface area contributed by atoms with Gasteiger partial charge in [0.25, 0.3) is 0 Å². The number of aryl methyl sites for hydroxylation is 1. The van der Waals surface area contributed by atoms with E-state index in [4.69, 9.17) is 0 Å². The van der Waals surface area contributed by atoms with E-state index >= 15 is 0 Å². The Morgan fingerprint density at radius 1 is 1.18 bits per heavy atom. The zero-order valence-electron chi connectivity index (χ0n) is 7.23. The van der Waals surface area contributed by atoms with Crippen LogP contribution in [0.2, 0.25) is 0 Å². The van der Waals surface area contributed by atoms with Crippen molar-refractivity contribution in [2.24, 2.45) is 0 Å². The highest BCUT2D eigenvalue weighted by atomic mass is 16.3. The highest BCUT2D eigenvalue weighted by Gasteiger charge is 2.05. The summed E-state index contributed by atoms with van der Waals surface area (Å²) in [6.45, 7) is 9.64. The van der Waals surface area contributed by atoms with E-state index < -0.39 is 0 Å². The minimum atomic E-state index is 0.398. The zero-order chi connectivity index (χ0) is 8.59. The fraction of sp³-hybridized carbons (Fsp3) is 0.300. The van der Waals surface area contributed by atoms with Crippen LogP contribution in [0.15, 0.2) is 6.07 Å². The molecule has 0 saturated heterocycles. The molecule has 0 heterocycles. The van der Waals surface area contributed by atoms with Gasteiger partial charge in [0, 0.05) is 0 Å². The van der Waals surface area contributed by atoms with Gasteiger partial charge in [-0.05, 0) is 49.9 Å². The molecule has 0 aromatic heterocycles. The molecule has 1 heteroatoms. The Balaban J connectivity index is 3.46. The third-order valence-corrected chi connectivity index (χ3v) is 2.16. The van der Waals surface area contributed by atoms with Gasteiger partial charge >= 0.3 is 0 Å². The second-order valence-corrected chi connectivity index (χ2v) is 2.95. The number of phenolic OH excluding ortho intramolecular Hbond substituents is 1. The molecule has 0 aliphatic heterocycles. The van der Waals surface area contributed by atoms with Crippen LogP contribution in [-0.2, 0) is 0 Å². The van der Waals surface area contributed by atoms with Crippen molar-refractivity contribution in [3.63, 3.8) is 0 Å². The van der Waals surface area contributed by atoms with Crippen molar-refractivity contribution in [1.82, 2.24) is 0 Å². The molecule has 0 atom stereocenters. The zero-order valence-corrected chi connectivity index (χ0v) is 7.23. The van der Waals surface area contributed by atoms with E-state index in [1.807, 2.05) is 26.8 Å². The molecule has 11 heavy (non-hydrogen) atoms. The first-order valence-corrected chi connectivity index (χ1v) is 3.65. The molecule has 1 N–H and O–H groups in total. The lowest BCUT2D eigenvalue weighted by atomic mass is 10.00. The van der Waals surface area contributed by atoms with Crippen LogP contribution in [0.1, 0.15) is 22.3 Å². The summed E-state index contributed by atoms with van der Waals surface area (Å²) in [4.78, 5) is 0. The summed E-state index contributed by atoms with van der Waals surface area (Å²) in [6.07, 6.45) is 0. The second-order valence-electron chi connectivity index (χ2n) is 2.95. The molecule has 1 radical (unpaired) electrons. The number of aromatic hydroxyl groups is 1. The van der Waals surface area contributed by atoms with Crippen molar-refractivity contribution in [3.8, 4) is 5.75 Å². The van der Waals surface area contributed by atoms with Gasteiger partial charge in [0.05, 0.1) is 0 Å². The fourth-order valence-corrected chi connectivity index (χ4v) is 1.15. The first-order chi connectivity index (χ1) is 5.04. The van der Waals surface area contributed by atoms with Gasteiger partial charge in [-0.3, -0.25) is 0 Å². The van der Waals surface area contributed by atoms with Crippen LogP contribution in [0.25, 0.3) is 0 Å². The Bertz CT molecular complexity index is 261. The van der Waals surface area contributed by atoms with Crippen LogP contribution >= 0.6 is 0 Å². The smallest absolute Gasteiger partial charge is 0.121 e. The van der Waals surface area contributed by atoms with Crippen LogP contribution in [0, 0.1) is 27.7 Å². The summed E-state index contributed by atoms with van der Waals surface area (Å²) >= 11 is 0. The maximum absolute atomic E-state index is 9.48. The van der Waals surface area contributed by atoms with Crippen molar-refractivity contribution >= 4 is 0 Å². The Hall–Kier alpha value is -0.980. The minimum Gasteiger partial charge on any atom is -0.507 e. The Labute approximate surface area is 67.7 Å². The number of rotatable bonds is 0. The minimum absolute atomic E-state index is 0.398. The molecule has 1 aromatic carbocycles. The fourth-order valence-electron chi connectivity index (χ4n) is 1.15. The summed E-state index contributed by atoms with van der Waals surface area (Å²) in [5, 5.41) is 9.48. The van der Waals surface area contributed by atoms with E-state index in [1.165, 1.54) is 0 Å². The van der Waals surface area contributed by atoms with Crippen molar-refractivity contribution in [3.05, 3.63) is 35.2 Å². The van der Waals surface area contributed by atoms with E-state index in [0.29, 0.717) is 5.75 Å². The van der Waals surface area contributed by atoms with E-state index in [-0.39, 0.29) is 0 Å². The standard InChI is InChI=1S/C10H13O/c1-6-5-7(2)10(11)9(4)8(6)3/h5,11H,1H2,2-4H3. The van der Waals surface area contributed by atoms with Crippen molar-refractivity contribution in [2.45, 2.75) is 20.8 Å². The third kappa shape index (κ3) is 1.23. The molecule has 0 aliphatic carbocycles. The Kier molecular flexibility index (Phi) is 1.90. The number of hydrogen-bond donors (Lipinski definition) is 1. The van der Waals surface area contributed by atoms with Gasteiger partial charge in [-0.1, -0.05) is 6.07 Å². The van der Waals surface area contributed by atoms with E-state index in [2.05, 4.69) is 6.92 Å². The number of hydrogen-bond acceptors (Lipinski definition) is 1. The van der Waals surface area contributed by atoms with Gasteiger partial charge in [-0.25, -0.2) is 0 Å². The van der Waals surface area contributed by atoms with Crippen LogP contribution < -0.4 is 0 Å². The Morgan fingerprint density at radius 2 is 1.73 bits per heavy atom. The molecule has 0 saturated carbocycles.